The van der Waals surface area contributed by atoms with E-state index in [0.29, 0.717) is 17.9 Å². The average Bonchev–Trinajstić information content (AvgIpc) is 2.75. The quantitative estimate of drug-likeness (QED) is 0.754. The molecule has 0 aliphatic rings. The summed E-state index contributed by atoms with van der Waals surface area (Å²) in [6, 6.07) is 5.40. The molecule has 110 valence electrons. The molecular formula is C12H17N3O3S2. The summed E-state index contributed by atoms with van der Waals surface area (Å²) in [5.74, 6) is 1.26. The van der Waals surface area contributed by atoms with Gasteiger partial charge in [0.25, 0.3) is 0 Å². The van der Waals surface area contributed by atoms with E-state index in [1.54, 1.807) is 12.1 Å². The maximum atomic E-state index is 11.7. The highest BCUT2D eigenvalue weighted by Gasteiger charge is 2.09. The number of imidazole rings is 1. The third-order valence-corrected chi connectivity index (χ3v) is 5.33. The number of benzene rings is 1. The van der Waals surface area contributed by atoms with Crippen molar-refractivity contribution in [3.63, 3.8) is 0 Å². The molecule has 0 spiro atoms. The van der Waals surface area contributed by atoms with Crippen LogP contribution in [0.5, 0.6) is 0 Å². The molecule has 0 bridgehead atoms. The maximum absolute atomic E-state index is 11.7. The third-order valence-electron chi connectivity index (χ3n) is 2.80. The summed E-state index contributed by atoms with van der Waals surface area (Å²) in [4.78, 5) is 7.49. The second-order valence-corrected chi connectivity index (χ2v) is 8.64. The number of hydrogen-bond acceptors (Lipinski definition) is 5. The lowest BCUT2D eigenvalue weighted by Gasteiger charge is -1.99. The van der Waals surface area contributed by atoms with E-state index in [1.165, 1.54) is 0 Å². The minimum absolute atomic E-state index is 0.0454. The zero-order chi connectivity index (χ0) is 14.8. The van der Waals surface area contributed by atoms with Gasteiger partial charge in [0.1, 0.15) is 15.7 Å². The molecule has 2 aromatic rings. The lowest BCUT2D eigenvalue weighted by atomic mass is 10.3. The molecule has 0 saturated carbocycles. The Kier molecular flexibility index (Phi) is 4.44. The van der Waals surface area contributed by atoms with E-state index in [0.717, 1.165) is 23.1 Å². The summed E-state index contributed by atoms with van der Waals surface area (Å²) in [6.45, 7) is 0. The van der Waals surface area contributed by atoms with Crippen LogP contribution in [-0.2, 0) is 27.1 Å². The van der Waals surface area contributed by atoms with Crippen LogP contribution in [0.3, 0.4) is 0 Å². The highest BCUT2D eigenvalue weighted by Crippen LogP contribution is 2.15. The number of nitrogens with one attached hydrogen (secondary N) is 1. The van der Waals surface area contributed by atoms with E-state index in [9.17, 15) is 12.6 Å². The number of nitrogens with two attached hydrogens (primary N) is 1. The molecule has 0 radical (unpaired) electrons. The molecule has 1 aromatic carbocycles. The van der Waals surface area contributed by atoms with Crippen molar-refractivity contribution in [1.82, 2.24) is 9.97 Å². The van der Waals surface area contributed by atoms with E-state index in [-0.39, 0.29) is 11.5 Å². The van der Waals surface area contributed by atoms with Crippen LogP contribution in [0, 0.1) is 0 Å². The first-order chi connectivity index (χ1) is 9.33. The SMILES string of the molecule is CS(=O)(=O)CCS(=O)CCc1nc2ccc(N)cc2[nH]1. The molecule has 1 atom stereocenters. The van der Waals surface area contributed by atoms with Crippen LogP contribution in [-0.4, -0.2) is 46.1 Å². The molecule has 1 unspecified atom stereocenters. The summed E-state index contributed by atoms with van der Waals surface area (Å²) in [6.07, 6.45) is 1.67. The molecule has 2 rings (SSSR count). The normalized spacial score (nSPS) is 13.7. The molecule has 1 aromatic heterocycles. The molecule has 0 aliphatic heterocycles. The zero-order valence-corrected chi connectivity index (χ0v) is 12.8. The number of aromatic nitrogens is 2. The Morgan fingerprint density at radius 2 is 2.10 bits per heavy atom. The number of nitrogen functional groups attached to an aromatic ring is 1. The summed E-state index contributed by atoms with van der Waals surface area (Å²) in [5, 5.41) is 0. The monoisotopic (exact) mass is 315 g/mol. The van der Waals surface area contributed by atoms with Gasteiger partial charge in [-0.3, -0.25) is 4.21 Å². The van der Waals surface area contributed by atoms with Crippen molar-refractivity contribution < 1.29 is 12.6 Å². The Morgan fingerprint density at radius 3 is 2.80 bits per heavy atom. The lowest BCUT2D eigenvalue weighted by Crippen LogP contribution is -2.14. The molecule has 1 heterocycles. The Morgan fingerprint density at radius 1 is 1.35 bits per heavy atom. The van der Waals surface area contributed by atoms with Gasteiger partial charge in [-0.2, -0.15) is 0 Å². The van der Waals surface area contributed by atoms with Crippen molar-refractivity contribution >= 4 is 37.4 Å². The van der Waals surface area contributed by atoms with Crippen LogP contribution < -0.4 is 5.73 Å². The predicted octanol–water partition coefficient (Wildman–Crippen LogP) is 0.481. The lowest BCUT2D eigenvalue weighted by molar-refractivity contribution is 0.602. The molecule has 3 N–H and O–H groups in total. The minimum Gasteiger partial charge on any atom is -0.399 e. The topological polar surface area (TPSA) is 106 Å². The summed E-state index contributed by atoms with van der Waals surface area (Å²) in [7, 11) is -4.21. The van der Waals surface area contributed by atoms with Crippen LogP contribution in [0.1, 0.15) is 5.82 Å². The van der Waals surface area contributed by atoms with Crippen molar-refractivity contribution in [1.29, 1.82) is 0 Å². The number of sulfone groups is 1. The van der Waals surface area contributed by atoms with Gasteiger partial charge in [-0.05, 0) is 18.2 Å². The van der Waals surface area contributed by atoms with Gasteiger partial charge in [-0.25, -0.2) is 13.4 Å². The van der Waals surface area contributed by atoms with Crippen LogP contribution in [0.25, 0.3) is 11.0 Å². The first kappa shape index (κ1) is 15.0. The number of hydrogen-bond donors (Lipinski definition) is 2. The standard InChI is InChI=1S/C12H17N3O3S2/c1-20(17,18)7-6-19(16)5-4-12-14-10-3-2-9(13)8-11(10)15-12/h2-3,8H,4-7,13H2,1H3,(H,14,15). The molecule has 6 nitrogen and oxygen atoms in total. The molecule has 0 saturated heterocycles. The highest BCUT2D eigenvalue weighted by molar-refractivity contribution is 7.92. The Bertz CT molecular complexity index is 737. The van der Waals surface area contributed by atoms with Crippen LogP contribution in [0.2, 0.25) is 0 Å². The summed E-state index contributed by atoms with van der Waals surface area (Å²) in [5.41, 5.74) is 8.00. The van der Waals surface area contributed by atoms with Gasteiger partial charge in [-0.1, -0.05) is 0 Å². The highest BCUT2D eigenvalue weighted by atomic mass is 32.2. The number of nitrogens with zero attached hydrogens (tertiary/aromatic N) is 1. The van der Waals surface area contributed by atoms with Crippen LogP contribution in [0.15, 0.2) is 18.2 Å². The maximum Gasteiger partial charge on any atom is 0.148 e. The molecular weight excluding hydrogens is 298 g/mol. The smallest absolute Gasteiger partial charge is 0.148 e. The van der Waals surface area contributed by atoms with Crippen molar-refractivity contribution in [2.45, 2.75) is 6.42 Å². The predicted molar refractivity (Wildman–Crippen MR) is 81.8 cm³/mol. The van der Waals surface area contributed by atoms with Gasteiger partial charge in [-0.15, -0.1) is 0 Å². The minimum atomic E-state index is -3.06. The van der Waals surface area contributed by atoms with Crippen molar-refractivity contribution in [2.24, 2.45) is 0 Å². The molecule has 0 aliphatic carbocycles. The van der Waals surface area contributed by atoms with E-state index in [2.05, 4.69) is 9.97 Å². The van der Waals surface area contributed by atoms with Crippen LogP contribution in [0.4, 0.5) is 5.69 Å². The van der Waals surface area contributed by atoms with Crippen molar-refractivity contribution in [3.05, 3.63) is 24.0 Å². The molecule has 0 amide bonds. The van der Waals surface area contributed by atoms with Crippen molar-refractivity contribution in [2.75, 3.05) is 29.2 Å². The Labute approximate surface area is 120 Å². The second kappa shape index (κ2) is 5.92. The van der Waals surface area contributed by atoms with Crippen molar-refractivity contribution in [3.8, 4) is 0 Å². The number of aryl methyl sites for hydroxylation is 1. The number of rotatable bonds is 6. The van der Waals surface area contributed by atoms with E-state index < -0.39 is 20.6 Å². The zero-order valence-electron chi connectivity index (χ0n) is 11.1. The molecule has 20 heavy (non-hydrogen) atoms. The molecule has 0 fully saturated rings. The van der Waals surface area contributed by atoms with Gasteiger partial charge in [0.05, 0.1) is 16.8 Å². The number of anilines is 1. The van der Waals surface area contributed by atoms with E-state index >= 15 is 0 Å². The average molecular weight is 315 g/mol. The van der Waals surface area contributed by atoms with Gasteiger partial charge in [0.15, 0.2) is 0 Å². The number of H-pyrrole nitrogens is 1. The fourth-order valence-electron chi connectivity index (χ4n) is 1.76. The Hall–Kier alpha value is -1.41. The summed E-state index contributed by atoms with van der Waals surface area (Å²) < 4.78 is 33.7. The number of fused-ring (bicyclic) bond motifs is 1. The van der Waals surface area contributed by atoms with E-state index in [1.807, 2.05) is 6.07 Å². The largest absolute Gasteiger partial charge is 0.399 e. The molecule has 8 heteroatoms. The first-order valence-corrected chi connectivity index (χ1v) is 9.65. The first-order valence-electron chi connectivity index (χ1n) is 6.10. The fourth-order valence-corrected chi connectivity index (χ4v) is 4.34. The summed E-state index contributed by atoms with van der Waals surface area (Å²) >= 11 is 0. The second-order valence-electron chi connectivity index (χ2n) is 4.69. The van der Waals surface area contributed by atoms with Crippen LogP contribution >= 0.6 is 0 Å². The number of aromatic amines is 1. The van der Waals surface area contributed by atoms with Gasteiger partial charge in [0, 0.05) is 40.7 Å². The van der Waals surface area contributed by atoms with Gasteiger partial charge < -0.3 is 10.7 Å². The van der Waals surface area contributed by atoms with Gasteiger partial charge in [0.2, 0.25) is 0 Å². The third kappa shape index (κ3) is 4.31. The van der Waals surface area contributed by atoms with E-state index in [4.69, 9.17) is 5.73 Å². The van der Waals surface area contributed by atoms with Gasteiger partial charge >= 0.3 is 0 Å². The fraction of sp³-hybridized carbons (Fsp3) is 0.417. The Balaban J connectivity index is 1.94.